The molecule has 0 atom stereocenters. The van der Waals surface area contributed by atoms with Crippen LogP contribution in [0.15, 0.2) is 6.07 Å². The number of hydrogen-bond donors (Lipinski definition) is 1. The molecule has 1 fully saturated rings. The van der Waals surface area contributed by atoms with Crippen molar-refractivity contribution in [2.45, 2.75) is 44.7 Å². The number of alkyl halides is 3. The van der Waals surface area contributed by atoms with Gasteiger partial charge in [-0.3, -0.25) is 0 Å². The van der Waals surface area contributed by atoms with Crippen LogP contribution < -0.4 is 5.73 Å². The van der Waals surface area contributed by atoms with Gasteiger partial charge in [-0.25, -0.2) is 9.37 Å². The molecular formula is C12H15ClF4N2. The second-order valence-corrected chi connectivity index (χ2v) is 4.67. The van der Waals surface area contributed by atoms with E-state index in [0.717, 1.165) is 0 Å². The van der Waals surface area contributed by atoms with Gasteiger partial charge in [0.25, 0.3) is 0 Å². The molecule has 19 heavy (non-hydrogen) atoms. The van der Waals surface area contributed by atoms with Gasteiger partial charge in [-0.15, -0.1) is 0 Å². The van der Waals surface area contributed by atoms with E-state index in [0.29, 0.717) is 0 Å². The second-order valence-electron chi connectivity index (χ2n) is 4.31. The zero-order valence-corrected chi connectivity index (χ0v) is 11.0. The third-order valence-corrected chi connectivity index (χ3v) is 3.05. The molecule has 1 aliphatic carbocycles. The minimum absolute atomic E-state index is 0.213. The summed E-state index contributed by atoms with van der Waals surface area (Å²) in [6.07, 6.45) is 4.28. The molecule has 2 N–H and O–H groups in total. The molecule has 0 radical (unpaired) electrons. The lowest BCUT2D eigenvalue weighted by Crippen LogP contribution is -2.09. The van der Waals surface area contributed by atoms with Crippen LogP contribution in [0.4, 0.5) is 23.4 Å². The predicted octanol–water partition coefficient (Wildman–Crippen LogP) is 4.82. The highest BCUT2D eigenvalue weighted by molar-refractivity contribution is 6.30. The number of aromatic nitrogens is 1. The van der Waals surface area contributed by atoms with Crippen LogP contribution in [0.2, 0.25) is 5.15 Å². The second kappa shape index (κ2) is 6.93. The first-order chi connectivity index (χ1) is 8.82. The van der Waals surface area contributed by atoms with Gasteiger partial charge in [-0.2, -0.15) is 13.2 Å². The molecule has 0 spiro atoms. The standard InChI is InChI=1S/C6H3ClF4N2.C6H12/c7-4-2(6(9,10)11)1-3(8)5(12)13-4;1-2-4-6-5-3-1/h1H,(H2,12,13);1-6H2. The number of pyridine rings is 1. The summed E-state index contributed by atoms with van der Waals surface area (Å²) in [7, 11) is 0. The Kier molecular flexibility index (Phi) is 5.85. The summed E-state index contributed by atoms with van der Waals surface area (Å²) in [5, 5.41) is -0.855. The SMILES string of the molecule is C1CCCCC1.Nc1nc(Cl)c(C(F)(F)F)cc1F. The molecule has 1 saturated carbocycles. The Morgan fingerprint density at radius 1 is 1.05 bits per heavy atom. The molecule has 2 rings (SSSR count). The lowest BCUT2D eigenvalue weighted by Gasteiger charge is -2.08. The van der Waals surface area contributed by atoms with Crippen LogP contribution in [-0.4, -0.2) is 4.98 Å². The predicted molar refractivity (Wildman–Crippen MR) is 66.3 cm³/mol. The van der Waals surface area contributed by atoms with E-state index < -0.39 is 28.5 Å². The van der Waals surface area contributed by atoms with Crippen molar-refractivity contribution in [2.75, 3.05) is 5.73 Å². The first kappa shape index (κ1) is 16.0. The van der Waals surface area contributed by atoms with E-state index in [1.165, 1.54) is 38.5 Å². The summed E-state index contributed by atoms with van der Waals surface area (Å²) >= 11 is 5.11. The number of anilines is 1. The van der Waals surface area contributed by atoms with Crippen LogP contribution in [0.3, 0.4) is 0 Å². The first-order valence-electron chi connectivity index (χ1n) is 6.01. The Labute approximate surface area is 114 Å². The molecule has 0 aromatic carbocycles. The van der Waals surface area contributed by atoms with Crippen LogP contribution in [0, 0.1) is 5.82 Å². The van der Waals surface area contributed by atoms with Crippen molar-refractivity contribution in [3.63, 3.8) is 0 Å². The van der Waals surface area contributed by atoms with Gasteiger partial charge in [0.1, 0.15) is 5.15 Å². The number of hydrogen-bond acceptors (Lipinski definition) is 2. The highest BCUT2D eigenvalue weighted by atomic mass is 35.5. The number of nitrogens with zero attached hydrogens (tertiary/aromatic N) is 1. The molecule has 0 unspecified atom stereocenters. The van der Waals surface area contributed by atoms with Gasteiger partial charge in [0.05, 0.1) is 5.56 Å². The third-order valence-electron chi connectivity index (χ3n) is 2.76. The van der Waals surface area contributed by atoms with Crippen LogP contribution >= 0.6 is 11.6 Å². The molecule has 0 amide bonds. The van der Waals surface area contributed by atoms with Crippen LogP contribution in [0.1, 0.15) is 44.1 Å². The van der Waals surface area contributed by atoms with E-state index >= 15 is 0 Å². The van der Waals surface area contributed by atoms with Crippen LogP contribution in [0.5, 0.6) is 0 Å². The van der Waals surface area contributed by atoms with Gasteiger partial charge in [-0.05, 0) is 6.07 Å². The Morgan fingerprint density at radius 3 is 1.84 bits per heavy atom. The Morgan fingerprint density at radius 2 is 1.47 bits per heavy atom. The fourth-order valence-corrected chi connectivity index (χ4v) is 1.99. The van der Waals surface area contributed by atoms with E-state index in [1.54, 1.807) is 0 Å². The minimum Gasteiger partial charge on any atom is -0.381 e. The van der Waals surface area contributed by atoms with Crippen molar-refractivity contribution >= 4 is 17.4 Å². The summed E-state index contributed by atoms with van der Waals surface area (Å²) in [6, 6.07) is 0.213. The highest BCUT2D eigenvalue weighted by Gasteiger charge is 2.34. The molecule has 2 nitrogen and oxygen atoms in total. The van der Waals surface area contributed by atoms with Crippen molar-refractivity contribution in [2.24, 2.45) is 0 Å². The number of nitrogens with two attached hydrogens (primary N) is 1. The molecular weight excluding hydrogens is 284 g/mol. The molecule has 108 valence electrons. The minimum atomic E-state index is -4.72. The van der Waals surface area contributed by atoms with Crippen molar-refractivity contribution in [3.8, 4) is 0 Å². The zero-order valence-electron chi connectivity index (χ0n) is 10.2. The largest absolute Gasteiger partial charge is 0.419 e. The first-order valence-corrected chi connectivity index (χ1v) is 6.39. The lowest BCUT2D eigenvalue weighted by molar-refractivity contribution is -0.137. The van der Waals surface area contributed by atoms with Crippen molar-refractivity contribution in [1.82, 2.24) is 4.98 Å². The normalized spacial score (nSPS) is 15.6. The topological polar surface area (TPSA) is 38.9 Å². The zero-order chi connectivity index (χ0) is 14.5. The summed E-state index contributed by atoms with van der Waals surface area (Å²) in [6.45, 7) is 0. The fraction of sp³-hybridized carbons (Fsp3) is 0.583. The van der Waals surface area contributed by atoms with E-state index in [1.807, 2.05) is 0 Å². The number of rotatable bonds is 0. The molecule has 1 aromatic heterocycles. The number of nitrogen functional groups attached to an aromatic ring is 1. The summed E-state index contributed by atoms with van der Waals surface area (Å²) < 4.78 is 48.6. The van der Waals surface area contributed by atoms with Gasteiger partial charge in [0, 0.05) is 0 Å². The average Bonchev–Trinajstić information content (AvgIpc) is 2.35. The summed E-state index contributed by atoms with van der Waals surface area (Å²) in [5.41, 5.74) is 3.56. The van der Waals surface area contributed by atoms with E-state index in [4.69, 9.17) is 17.3 Å². The summed E-state index contributed by atoms with van der Waals surface area (Å²) in [5.74, 6) is -1.89. The molecule has 7 heteroatoms. The highest BCUT2D eigenvalue weighted by Crippen LogP contribution is 2.34. The fourth-order valence-electron chi connectivity index (χ4n) is 1.74. The maximum Gasteiger partial charge on any atom is 0.419 e. The van der Waals surface area contributed by atoms with Gasteiger partial charge in [0.2, 0.25) is 0 Å². The van der Waals surface area contributed by atoms with Crippen molar-refractivity contribution < 1.29 is 17.6 Å². The van der Waals surface area contributed by atoms with E-state index in [9.17, 15) is 17.6 Å². The summed E-state index contributed by atoms with van der Waals surface area (Å²) in [4.78, 5) is 2.99. The molecule has 0 bridgehead atoms. The van der Waals surface area contributed by atoms with E-state index in [2.05, 4.69) is 4.98 Å². The van der Waals surface area contributed by atoms with Crippen LogP contribution in [-0.2, 0) is 6.18 Å². The van der Waals surface area contributed by atoms with Gasteiger partial charge >= 0.3 is 6.18 Å². The Hall–Kier alpha value is -1.04. The maximum atomic E-state index is 12.5. The maximum absolute atomic E-state index is 12.5. The van der Waals surface area contributed by atoms with Crippen LogP contribution in [0.25, 0.3) is 0 Å². The monoisotopic (exact) mass is 298 g/mol. The average molecular weight is 299 g/mol. The van der Waals surface area contributed by atoms with Gasteiger partial charge in [0.15, 0.2) is 11.6 Å². The van der Waals surface area contributed by atoms with Gasteiger partial charge in [-0.1, -0.05) is 50.1 Å². The molecule has 0 aliphatic heterocycles. The third kappa shape index (κ3) is 5.22. The Bertz CT molecular complexity index is 405. The lowest BCUT2D eigenvalue weighted by atomic mass is 10.0. The number of halogens is 5. The van der Waals surface area contributed by atoms with Gasteiger partial charge < -0.3 is 5.73 Å². The smallest absolute Gasteiger partial charge is 0.381 e. The quantitative estimate of drug-likeness (QED) is 0.551. The van der Waals surface area contributed by atoms with Crippen molar-refractivity contribution in [3.05, 3.63) is 22.6 Å². The van der Waals surface area contributed by atoms with Crippen molar-refractivity contribution in [1.29, 1.82) is 0 Å². The van der Waals surface area contributed by atoms with E-state index in [-0.39, 0.29) is 6.07 Å². The molecule has 0 saturated heterocycles. The Balaban J connectivity index is 0.000000250. The molecule has 1 aromatic rings. The molecule has 1 aliphatic rings. The molecule has 1 heterocycles.